The van der Waals surface area contributed by atoms with Gasteiger partial charge < -0.3 is 0 Å². The molecule has 0 radical (unpaired) electrons. The summed E-state index contributed by atoms with van der Waals surface area (Å²) in [6.07, 6.45) is 0. The quantitative estimate of drug-likeness (QED) is 0.181. The Morgan fingerprint density at radius 1 is 0.300 bits per heavy atom. The lowest BCUT2D eigenvalue weighted by Gasteiger charge is -2.17. The van der Waals surface area contributed by atoms with Crippen LogP contribution in [-0.2, 0) is 0 Å². The number of nitrogens with zero attached hydrogens (tertiary/aromatic N) is 3. The Bertz CT molecular complexity index is 2930. The van der Waals surface area contributed by atoms with Crippen molar-refractivity contribution in [1.29, 1.82) is 0 Å². The van der Waals surface area contributed by atoms with Crippen molar-refractivity contribution in [2.75, 3.05) is 0 Å². The second-order valence-electron chi connectivity index (χ2n) is 12.8. The van der Waals surface area contributed by atoms with E-state index in [1.54, 1.807) is 0 Å². The second kappa shape index (κ2) is 11.5. The van der Waals surface area contributed by atoms with Gasteiger partial charge in [0, 0.05) is 38.2 Å². The van der Waals surface area contributed by atoms with E-state index in [4.69, 9.17) is 15.0 Å². The van der Waals surface area contributed by atoms with Crippen LogP contribution < -0.4 is 0 Å². The Kier molecular flexibility index (Phi) is 6.49. The minimum atomic E-state index is 0.707. The predicted molar refractivity (Wildman–Crippen MR) is 209 cm³/mol. The van der Waals surface area contributed by atoms with Gasteiger partial charge >= 0.3 is 0 Å². The lowest BCUT2D eigenvalue weighted by molar-refractivity contribution is 1.23. The first-order chi connectivity index (χ1) is 24.8. The molecule has 0 spiro atoms. The molecule has 0 fully saturated rings. The van der Waals surface area contributed by atoms with E-state index in [1.165, 1.54) is 26.9 Å². The fourth-order valence-electron chi connectivity index (χ4n) is 7.46. The van der Waals surface area contributed by atoms with E-state index in [-0.39, 0.29) is 0 Å². The number of fused-ring (bicyclic) bond motifs is 7. The molecule has 3 heteroatoms. The van der Waals surface area contributed by atoms with Crippen LogP contribution in [-0.4, -0.2) is 15.0 Å². The van der Waals surface area contributed by atoms with Crippen LogP contribution in [0.1, 0.15) is 0 Å². The van der Waals surface area contributed by atoms with Crippen LogP contribution in [0.2, 0.25) is 0 Å². The van der Waals surface area contributed by atoms with Crippen molar-refractivity contribution < 1.29 is 0 Å². The molecule has 50 heavy (non-hydrogen) atoms. The number of hydrogen-bond donors (Lipinski definition) is 0. The van der Waals surface area contributed by atoms with Gasteiger partial charge in [0.25, 0.3) is 0 Å². The van der Waals surface area contributed by atoms with Crippen molar-refractivity contribution in [3.63, 3.8) is 0 Å². The molecule has 0 unspecified atom stereocenters. The molecule has 232 valence electrons. The van der Waals surface area contributed by atoms with Crippen LogP contribution in [0, 0.1) is 0 Å². The number of benzene rings is 8. The van der Waals surface area contributed by atoms with Gasteiger partial charge in [-0.25, -0.2) is 15.0 Å². The highest BCUT2D eigenvalue weighted by atomic mass is 14.9. The Labute approximate surface area is 289 Å². The molecule has 3 nitrogen and oxygen atoms in total. The topological polar surface area (TPSA) is 38.7 Å². The fourth-order valence-corrected chi connectivity index (χ4v) is 7.46. The van der Waals surface area contributed by atoms with Gasteiger partial charge in [-0.05, 0) is 63.0 Å². The minimum Gasteiger partial charge on any atom is -0.247 e. The second-order valence-corrected chi connectivity index (χ2v) is 12.8. The predicted octanol–water partition coefficient (Wildman–Crippen LogP) is 12.3. The Morgan fingerprint density at radius 3 is 1.76 bits per heavy atom. The minimum absolute atomic E-state index is 0.707. The summed E-state index contributed by atoms with van der Waals surface area (Å²) in [6.45, 7) is 0. The lowest BCUT2D eigenvalue weighted by Crippen LogP contribution is -1.96. The van der Waals surface area contributed by atoms with E-state index >= 15 is 0 Å². The molecule has 0 N–H and O–H groups in total. The standard InChI is InChI=1S/C47H29N3/c1-2-14-31(15-3-1)45-39-22-9-11-24-43(39)49-47(50-45)35-18-12-17-33(28-35)40-29-41-44(37-20-7-6-19-36(37)40)38-21-8-10-23-42(38)48-46(41)34-26-25-30-13-4-5-16-32(30)27-34/h1-29H. The summed E-state index contributed by atoms with van der Waals surface area (Å²) in [4.78, 5) is 15.6. The van der Waals surface area contributed by atoms with Crippen LogP contribution in [0.5, 0.6) is 0 Å². The highest BCUT2D eigenvalue weighted by Gasteiger charge is 2.18. The zero-order valence-corrected chi connectivity index (χ0v) is 27.1. The molecule has 0 atom stereocenters. The third kappa shape index (κ3) is 4.63. The Hall–Kier alpha value is -6.71. The number of hydrogen-bond acceptors (Lipinski definition) is 3. The Balaban J connectivity index is 1.23. The van der Waals surface area contributed by atoms with Gasteiger partial charge in [-0.15, -0.1) is 0 Å². The number of rotatable bonds is 4. The SMILES string of the molecule is c1ccc(-c2nc(-c3cccc(-c4cc5c(-c6ccc7ccccc7c6)nc6ccccc6c5c5ccccc45)c3)nc3ccccc23)cc1. The molecule has 0 aliphatic carbocycles. The zero-order chi connectivity index (χ0) is 33.0. The molecule has 0 aliphatic heterocycles. The van der Waals surface area contributed by atoms with Gasteiger partial charge in [-0.2, -0.15) is 0 Å². The van der Waals surface area contributed by atoms with E-state index in [0.29, 0.717) is 5.82 Å². The van der Waals surface area contributed by atoms with Crippen molar-refractivity contribution in [1.82, 2.24) is 15.0 Å². The molecule has 2 aromatic heterocycles. The monoisotopic (exact) mass is 635 g/mol. The molecule has 0 aliphatic rings. The van der Waals surface area contributed by atoms with Crippen molar-refractivity contribution in [3.05, 3.63) is 176 Å². The molecule has 0 bridgehead atoms. The first kappa shape index (κ1) is 28.3. The largest absolute Gasteiger partial charge is 0.247 e. The Morgan fingerprint density at radius 2 is 0.920 bits per heavy atom. The summed E-state index contributed by atoms with van der Waals surface area (Å²) in [5, 5.41) is 9.37. The van der Waals surface area contributed by atoms with Crippen molar-refractivity contribution in [2.45, 2.75) is 0 Å². The average Bonchev–Trinajstić information content (AvgIpc) is 3.20. The van der Waals surface area contributed by atoms with Gasteiger partial charge in [0.2, 0.25) is 0 Å². The summed E-state index contributed by atoms with van der Waals surface area (Å²) in [5.74, 6) is 0.707. The third-order valence-corrected chi connectivity index (χ3v) is 9.81. The van der Waals surface area contributed by atoms with Gasteiger partial charge in [0.1, 0.15) is 0 Å². The number of aromatic nitrogens is 3. The van der Waals surface area contributed by atoms with E-state index in [0.717, 1.165) is 66.4 Å². The van der Waals surface area contributed by atoms with Crippen LogP contribution in [0.4, 0.5) is 0 Å². The molecule has 10 rings (SSSR count). The van der Waals surface area contributed by atoms with Crippen molar-refractivity contribution in [2.24, 2.45) is 0 Å². The molecule has 10 aromatic rings. The summed E-state index contributed by atoms with van der Waals surface area (Å²) < 4.78 is 0. The molecule has 0 saturated carbocycles. The van der Waals surface area contributed by atoms with Crippen molar-refractivity contribution >= 4 is 54.1 Å². The molecular weight excluding hydrogens is 607 g/mol. The smallest absolute Gasteiger partial charge is 0.160 e. The van der Waals surface area contributed by atoms with E-state index in [2.05, 4.69) is 158 Å². The number of pyridine rings is 1. The molecule has 8 aromatic carbocycles. The highest BCUT2D eigenvalue weighted by Crippen LogP contribution is 2.42. The van der Waals surface area contributed by atoms with Gasteiger partial charge in [-0.3, -0.25) is 0 Å². The normalized spacial score (nSPS) is 11.6. The van der Waals surface area contributed by atoms with Gasteiger partial charge in [-0.1, -0.05) is 146 Å². The first-order valence-corrected chi connectivity index (χ1v) is 16.9. The first-order valence-electron chi connectivity index (χ1n) is 16.9. The van der Waals surface area contributed by atoms with E-state index < -0.39 is 0 Å². The molecule has 0 saturated heterocycles. The van der Waals surface area contributed by atoms with Crippen molar-refractivity contribution in [3.8, 4) is 45.0 Å². The molecular formula is C47H29N3. The van der Waals surface area contributed by atoms with Gasteiger partial charge in [0.15, 0.2) is 5.82 Å². The maximum Gasteiger partial charge on any atom is 0.160 e. The fraction of sp³-hybridized carbons (Fsp3) is 0. The van der Waals surface area contributed by atoms with E-state index in [1.807, 2.05) is 18.2 Å². The van der Waals surface area contributed by atoms with Crippen LogP contribution >= 0.6 is 0 Å². The summed E-state index contributed by atoms with van der Waals surface area (Å²) in [5.41, 5.74) is 9.25. The third-order valence-electron chi connectivity index (χ3n) is 9.81. The maximum atomic E-state index is 5.33. The van der Waals surface area contributed by atoms with E-state index in [9.17, 15) is 0 Å². The highest BCUT2D eigenvalue weighted by molar-refractivity contribution is 6.25. The average molecular weight is 636 g/mol. The van der Waals surface area contributed by atoms with Crippen LogP contribution in [0.25, 0.3) is 99.2 Å². The summed E-state index contributed by atoms with van der Waals surface area (Å²) in [7, 11) is 0. The maximum absolute atomic E-state index is 5.33. The van der Waals surface area contributed by atoms with Crippen LogP contribution in [0.15, 0.2) is 176 Å². The molecule has 2 heterocycles. The van der Waals surface area contributed by atoms with Crippen LogP contribution in [0.3, 0.4) is 0 Å². The number of para-hydroxylation sites is 2. The lowest BCUT2D eigenvalue weighted by atomic mass is 9.89. The molecule has 0 amide bonds. The zero-order valence-electron chi connectivity index (χ0n) is 27.1. The summed E-state index contributed by atoms with van der Waals surface area (Å²) in [6, 6.07) is 62.1. The summed E-state index contributed by atoms with van der Waals surface area (Å²) >= 11 is 0. The van der Waals surface area contributed by atoms with Gasteiger partial charge in [0.05, 0.1) is 22.4 Å².